The van der Waals surface area contributed by atoms with Crippen molar-refractivity contribution >= 4 is 43.2 Å². The number of aryl methyl sites for hydroxylation is 1. The van der Waals surface area contributed by atoms with Gasteiger partial charge in [0.2, 0.25) is 15.9 Å². The van der Waals surface area contributed by atoms with Crippen molar-refractivity contribution in [2.24, 2.45) is 0 Å². The maximum absolute atomic E-state index is 12.7. The SMILES string of the molecule is CC(=O)NC1CCCN(S(=O)(=O)c2cc(Br)sc2C)C1. The van der Waals surface area contributed by atoms with Crippen molar-refractivity contribution in [3.8, 4) is 0 Å². The normalized spacial score (nSPS) is 20.9. The van der Waals surface area contributed by atoms with Gasteiger partial charge >= 0.3 is 0 Å². The number of nitrogens with one attached hydrogen (secondary N) is 1. The lowest BCUT2D eigenvalue weighted by Gasteiger charge is -2.32. The van der Waals surface area contributed by atoms with Gasteiger partial charge in [-0.05, 0) is 41.8 Å². The summed E-state index contributed by atoms with van der Waals surface area (Å²) in [6.07, 6.45) is 1.58. The molecular weight excluding hydrogens is 364 g/mol. The van der Waals surface area contributed by atoms with Gasteiger partial charge in [-0.15, -0.1) is 11.3 Å². The Balaban J connectivity index is 2.21. The molecule has 0 radical (unpaired) electrons. The van der Waals surface area contributed by atoms with E-state index in [0.29, 0.717) is 18.0 Å². The zero-order valence-electron chi connectivity index (χ0n) is 11.3. The van der Waals surface area contributed by atoms with Crippen LogP contribution < -0.4 is 5.32 Å². The number of piperidine rings is 1. The van der Waals surface area contributed by atoms with E-state index in [2.05, 4.69) is 21.2 Å². The van der Waals surface area contributed by atoms with Crippen LogP contribution in [0.2, 0.25) is 0 Å². The lowest BCUT2D eigenvalue weighted by molar-refractivity contribution is -0.119. The smallest absolute Gasteiger partial charge is 0.244 e. The number of hydrogen-bond donors (Lipinski definition) is 1. The fourth-order valence-electron chi connectivity index (χ4n) is 2.39. The van der Waals surface area contributed by atoms with Crippen LogP contribution in [0.5, 0.6) is 0 Å². The summed E-state index contributed by atoms with van der Waals surface area (Å²) in [4.78, 5) is 12.2. The number of thiophene rings is 1. The fraction of sp³-hybridized carbons (Fsp3) is 0.583. The monoisotopic (exact) mass is 380 g/mol. The van der Waals surface area contributed by atoms with Gasteiger partial charge in [0.25, 0.3) is 0 Å². The van der Waals surface area contributed by atoms with Gasteiger partial charge in [-0.2, -0.15) is 4.31 Å². The molecule has 8 heteroatoms. The standard InChI is InChI=1S/C12H17BrN2O3S2/c1-8-11(6-12(13)19-8)20(17,18)15-5-3-4-10(7-15)14-9(2)16/h6,10H,3-5,7H2,1-2H3,(H,14,16). The second-order valence-corrected chi connectivity index (χ2v) is 9.42. The molecule has 1 aliphatic rings. The molecule has 1 aliphatic heterocycles. The van der Waals surface area contributed by atoms with Gasteiger partial charge in [0, 0.05) is 30.9 Å². The first kappa shape index (κ1) is 15.9. The number of rotatable bonds is 3. The molecule has 1 atom stereocenters. The molecule has 1 unspecified atom stereocenters. The summed E-state index contributed by atoms with van der Waals surface area (Å²) in [7, 11) is -3.48. The van der Waals surface area contributed by atoms with Crippen molar-refractivity contribution < 1.29 is 13.2 Å². The van der Waals surface area contributed by atoms with E-state index in [-0.39, 0.29) is 11.9 Å². The quantitative estimate of drug-likeness (QED) is 0.872. The molecule has 1 saturated heterocycles. The first-order valence-corrected chi connectivity index (χ1v) is 9.39. The zero-order valence-corrected chi connectivity index (χ0v) is 14.6. The van der Waals surface area contributed by atoms with E-state index in [1.54, 1.807) is 13.0 Å². The maximum atomic E-state index is 12.7. The number of hydrogen-bond acceptors (Lipinski definition) is 4. The van der Waals surface area contributed by atoms with Crippen LogP contribution in [0.4, 0.5) is 0 Å². The predicted molar refractivity (Wildman–Crippen MR) is 82.4 cm³/mol. The van der Waals surface area contributed by atoms with Gasteiger partial charge < -0.3 is 5.32 Å². The number of nitrogens with zero attached hydrogens (tertiary/aromatic N) is 1. The third kappa shape index (κ3) is 3.41. The number of amides is 1. The molecule has 5 nitrogen and oxygen atoms in total. The summed E-state index contributed by atoms with van der Waals surface area (Å²) in [6.45, 7) is 4.10. The molecule has 1 fully saturated rings. The van der Waals surface area contributed by atoms with Crippen LogP contribution in [0.1, 0.15) is 24.6 Å². The molecule has 0 aliphatic carbocycles. The Morgan fingerprint density at radius 1 is 1.55 bits per heavy atom. The van der Waals surface area contributed by atoms with E-state index in [4.69, 9.17) is 0 Å². The molecule has 0 aromatic carbocycles. The van der Waals surface area contributed by atoms with Gasteiger partial charge in [-0.3, -0.25) is 4.79 Å². The number of carbonyl (C=O) groups excluding carboxylic acids is 1. The second kappa shape index (κ2) is 6.13. The van der Waals surface area contributed by atoms with Crippen LogP contribution >= 0.6 is 27.3 Å². The summed E-state index contributed by atoms with van der Waals surface area (Å²) in [5, 5.41) is 2.80. The summed E-state index contributed by atoms with van der Waals surface area (Å²) < 4.78 is 27.6. The minimum absolute atomic E-state index is 0.0987. The molecule has 1 aromatic heterocycles. The van der Waals surface area contributed by atoms with Crippen molar-refractivity contribution in [2.75, 3.05) is 13.1 Å². The summed E-state index contributed by atoms with van der Waals surface area (Å²) >= 11 is 4.74. The Kier molecular flexibility index (Phi) is 4.88. The third-order valence-corrected chi connectivity index (χ3v) is 6.93. The Hall–Kier alpha value is -0.440. The van der Waals surface area contributed by atoms with Crippen LogP contribution in [0.3, 0.4) is 0 Å². The molecule has 2 rings (SSSR count). The lowest BCUT2D eigenvalue weighted by Crippen LogP contribution is -2.49. The van der Waals surface area contributed by atoms with Crippen molar-refractivity contribution in [1.29, 1.82) is 0 Å². The molecule has 0 saturated carbocycles. The zero-order chi connectivity index (χ0) is 14.9. The van der Waals surface area contributed by atoms with Crippen molar-refractivity contribution in [3.63, 3.8) is 0 Å². The van der Waals surface area contributed by atoms with Crippen LogP contribution in [-0.4, -0.2) is 37.8 Å². The highest BCUT2D eigenvalue weighted by Gasteiger charge is 2.32. The van der Waals surface area contributed by atoms with E-state index in [9.17, 15) is 13.2 Å². The average molecular weight is 381 g/mol. The number of sulfonamides is 1. The molecule has 1 aromatic rings. The van der Waals surface area contributed by atoms with Crippen LogP contribution in [0.25, 0.3) is 0 Å². The number of carbonyl (C=O) groups is 1. The van der Waals surface area contributed by atoms with Crippen LogP contribution in [0.15, 0.2) is 14.7 Å². The van der Waals surface area contributed by atoms with E-state index < -0.39 is 10.0 Å². The van der Waals surface area contributed by atoms with Crippen molar-refractivity contribution in [3.05, 3.63) is 14.7 Å². The van der Waals surface area contributed by atoms with E-state index in [1.807, 2.05) is 0 Å². The maximum Gasteiger partial charge on any atom is 0.244 e. The number of halogens is 1. The van der Waals surface area contributed by atoms with Gasteiger partial charge in [0.1, 0.15) is 0 Å². The Morgan fingerprint density at radius 3 is 2.80 bits per heavy atom. The second-order valence-electron chi connectivity index (χ2n) is 4.87. The first-order chi connectivity index (χ1) is 9.30. The topological polar surface area (TPSA) is 66.5 Å². The van der Waals surface area contributed by atoms with Crippen LogP contribution in [-0.2, 0) is 14.8 Å². The Morgan fingerprint density at radius 2 is 2.25 bits per heavy atom. The molecule has 20 heavy (non-hydrogen) atoms. The molecular formula is C12H17BrN2O3S2. The molecule has 112 valence electrons. The minimum atomic E-state index is -3.48. The molecule has 1 amide bonds. The summed E-state index contributed by atoms with van der Waals surface area (Å²) in [6, 6.07) is 1.55. The highest BCUT2D eigenvalue weighted by molar-refractivity contribution is 9.11. The van der Waals surface area contributed by atoms with Crippen molar-refractivity contribution in [1.82, 2.24) is 9.62 Å². The molecule has 0 bridgehead atoms. The average Bonchev–Trinajstić information content (AvgIpc) is 2.68. The molecule has 0 spiro atoms. The Bertz CT molecular complexity index is 612. The van der Waals surface area contributed by atoms with Crippen LogP contribution in [0, 0.1) is 6.92 Å². The van der Waals surface area contributed by atoms with Gasteiger partial charge in [0.15, 0.2) is 0 Å². The van der Waals surface area contributed by atoms with Crippen molar-refractivity contribution in [2.45, 2.75) is 37.6 Å². The molecule has 1 N–H and O–H groups in total. The highest BCUT2D eigenvalue weighted by atomic mass is 79.9. The summed E-state index contributed by atoms with van der Waals surface area (Å²) in [5.41, 5.74) is 0. The lowest BCUT2D eigenvalue weighted by atomic mass is 10.1. The Labute approximate surface area is 131 Å². The van der Waals surface area contributed by atoms with E-state index in [1.165, 1.54) is 22.6 Å². The predicted octanol–water partition coefficient (Wildman–Crippen LogP) is 2.11. The van der Waals surface area contributed by atoms with E-state index in [0.717, 1.165) is 21.5 Å². The first-order valence-electron chi connectivity index (χ1n) is 6.34. The van der Waals surface area contributed by atoms with Gasteiger partial charge in [0.05, 0.1) is 8.68 Å². The minimum Gasteiger partial charge on any atom is -0.352 e. The third-order valence-electron chi connectivity index (χ3n) is 3.25. The fourth-order valence-corrected chi connectivity index (χ4v) is 6.30. The summed E-state index contributed by atoms with van der Waals surface area (Å²) in [5.74, 6) is -0.122. The largest absolute Gasteiger partial charge is 0.352 e. The highest BCUT2D eigenvalue weighted by Crippen LogP contribution is 2.32. The molecule has 2 heterocycles. The van der Waals surface area contributed by atoms with E-state index >= 15 is 0 Å². The van der Waals surface area contributed by atoms with Gasteiger partial charge in [-0.25, -0.2) is 8.42 Å². The van der Waals surface area contributed by atoms with Gasteiger partial charge in [-0.1, -0.05) is 0 Å².